The highest BCUT2D eigenvalue weighted by molar-refractivity contribution is 5.80. The van der Waals surface area contributed by atoms with Crippen molar-refractivity contribution in [1.82, 2.24) is 0 Å². The van der Waals surface area contributed by atoms with Crippen LogP contribution in [0.4, 0.5) is 0 Å². The zero-order valence-electron chi connectivity index (χ0n) is 8.17. The van der Waals surface area contributed by atoms with Gasteiger partial charge in [0.05, 0.1) is 20.1 Å². The van der Waals surface area contributed by atoms with Crippen molar-refractivity contribution in [2.45, 2.75) is 12.5 Å². The van der Waals surface area contributed by atoms with Crippen LogP contribution in [-0.2, 0) is 19.1 Å². The van der Waals surface area contributed by atoms with E-state index in [0.717, 1.165) is 0 Å². The van der Waals surface area contributed by atoms with Crippen LogP contribution in [0.5, 0.6) is 0 Å². The Morgan fingerprint density at radius 3 is 1.87 bits per heavy atom. The summed E-state index contributed by atoms with van der Waals surface area (Å²) >= 11 is 0. The average molecular weight is 222 g/mol. The Balaban J connectivity index is 0. The zero-order chi connectivity index (χ0) is 12.4. The second-order valence-corrected chi connectivity index (χ2v) is 2.32. The van der Waals surface area contributed by atoms with Gasteiger partial charge in [-0.05, 0) is 0 Å². The number of hydrogen-bond acceptors (Lipinski definition) is 6. The maximum atomic E-state index is 9.85. The molecule has 88 valence electrons. The van der Waals surface area contributed by atoms with Crippen LogP contribution in [0.2, 0.25) is 0 Å². The predicted octanol–water partition coefficient (Wildman–Crippen LogP) is -2.01. The van der Waals surface area contributed by atoms with Crippen molar-refractivity contribution >= 4 is 17.9 Å². The topological polar surface area (TPSA) is 153 Å². The Bertz CT molecular complexity index is 224. The van der Waals surface area contributed by atoms with Gasteiger partial charge in [0.1, 0.15) is 6.04 Å². The molecule has 0 radical (unpaired) electrons. The van der Waals surface area contributed by atoms with Crippen LogP contribution in [-0.4, -0.2) is 47.8 Å². The largest absolute Gasteiger partial charge is 0.481 e. The van der Waals surface area contributed by atoms with E-state index in [9.17, 15) is 14.4 Å². The van der Waals surface area contributed by atoms with Crippen molar-refractivity contribution in [2.75, 3.05) is 13.7 Å². The van der Waals surface area contributed by atoms with E-state index in [1.165, 1.54) is 7.11 Å². The van der Waals surface area contributed by atoms with E-state index >= 15 is 0 Å². The summed E-state index contributed by atoms with van der Waals surface area (Å²) in [5.74, 6) is -2.88. The van der Waals surface area contributed by atoms with Crippen LogP contribution in [0.3, 0.4) is 0 Å². The summed E-state index contributed by atoms with van der Waals surface area (Å²) in [6.07, 6.45) is -0.532. The molecule has 0 aromatic carbocycles. The van der Waals surface area contributed by atoms with Gasteiger partial charge in [0.15, 0.2) is 0 Å². The van der Waals surface area contributed by atoms with Crippen LogP contribution < -0.4 is 11.5 Å². The van der Waals surface area contributed by atoms with Gasteiger partial charge in [-0.3, -0.25) is 14.4 Å². The summed E-state index contributed by atoms with van der Waals surface area (Å²) in [6.45, 7) is -0.0312. The third kappa shape index (κ3) is 12.3. The highest BCUT2D eigenvalue weighted by Gasteiger charge is 2.14. The van der Waals surface area contributed by atoms with Gasteiger partial charge >= 0.3 is 17.9 Å². The summed E-state index contributed by atoms with van der Waals surface area (Å²) in [6, 6.07) is -1.29. The van der Waals surface area contributed by atoms with Crippen molar-refractivity contribution in [2.24, 2.45) is 11.5 Å². The molecule has 0 unspecified atom stereocenters. The molecule has 0 aliphatic heterocycles. The Morgan fingerprint density at radius 2 is 1.80 bits per heavy atom. The van der Waals surface area contributed by atoms with Crippen LogP contribution in [0.25, 0.3) is 0 Å². The van der Waals surface area contributed by atoms with Crippen molar-refractivity contribution in [3.8, 4) is 0 Å². The molecule has 0 fully saturated rings. The minimum Gasteiger partial charge on any atom is -0.481 e. The Kier molecular flexibility index (Phi) is 9.37. The number of nitrogens with two attached hydrogens (primary N) is 2. The number of aliphatic carboxylic acids is 2. The fourth-order valence-electron chi connectivity index (χ4n) is 0.359. The van der Waals surface area contributed by atoms with Crippen LogP contribution in [0, 0.1) is 0 Å². The van der Waals surface area contributed by atoms with Gasteiger partial charge in [-0.2, -0.15) is 0 Å². The zero-order valence-corrected chi connectivity index (χ0v) is 8.17. The fourth-order valence-corrected chi connectivity index (χ4v) is 0.359. The molecule has 0 saturated heterocycles. The minimum atomic E-state index is -1.29. The monoisotopic (exact) mass is 222 g/mol. The standard InChI is InChI=1S/C4H7NO4.C3H7NO2/c5-2(4(8)9)1-3(6)7;1-6-3(5)2-4/h2H,1,5H2,(H,6,7)(H,8,9);2,4H2,1H3/t2-;/m0./s1. The molecule has 0 bridgehead atoms. The highest BCUT2D eigenvalue weighted by Crippen LogP contribution is 1.86. The maximum Gasteiger partial charge on any atom is 0.321 e. The molecular formula is C7H14N2O6. The van der Waals surface area contributed by atoms with E-state index in [4.69, 9.17) is 21.7 Å². The van der Waals surface area contributed by atoms with E-state index in [0.29, 0.717) is 0 Å². The van der Waals surface area contributed by atoms with Gasteiger partial charge in [-0.25, -0.2) is 0 Å². The Morgan fingerprint density at radius 1 is 1.33 bits per heavy atom. The van der Waals surface area contributed by atoms with Gasteiger partial charge < -0.3 is 26.4 Å². The maximum absolute atomic E-state index is 9.85. The number of hydrogen-bond donors (Lipinski definition) is 4. The molecule has 1 atom stereocenters. The second-order valence-electron chi connectivity index (χ2n) is 2.32. The number of carbonyl (C=O) groups is 3. The van der Waals surface area contributed by atoms with E-state index in [2.05, 4.69) is 4.74 Å². The van der Waals surface area contributed by atoms with Crippen molar-refractivity contribution in [3.05, 3.63) is 0 Å². The van der Waals surface area contributed by atoms with E-state index in [1.54, 1.807) is 0 Å². The lowest BCUT2D eigenvalue weighted by Gasteiger charge is -1.99. The Hall–Kier alpha value is -1.67. The molecule has 0 aromatic rings. The third-order valence-corrected chi connectivity index (χ3v) is 1.11. The quantitative estimate of drug-likeness (QED) is 0.398. The summed E-state index contributed by atoms with van der Waals surface area (Å²) in [5, 5.41) is 16.0. The first-order chi connectivity index (χ1) is 6.84. The lowest BCUT2D eigenvalue weighted by molar-refractivity contribution is -0.144. The first-order valence-corrected chi connectivity index (χ1v) is 3.82. The summed E-state index contributed by atoms with van der Waals surface area (Å²) in [7, 11) is 1.30. The molecular weight excluding hydrogens is 208 g/mol. The number of esters is 1. The predicted molar refractivity (Wildman–Crippen MR) is 48.9 cm³/mol. The van der Waals surface area contributed by atoms with Crippen molar-refractivity contribution in [3.63, 3.8) is 0 Å². The third-order valence-electron chi connectivity index (χ3n) is 1.11. The summed E-state index contributed by atoms with van der Waals surface area (Å²) in [4.78, 5) is 29.5. The molecule has 0 spiro atoms. The number of rotatable bonds is 4. The molecule has 8 heteroatoms. The van der Waals surface area contributed by atoms with E-state index < -0.39 is 24.4 Å². The number of methoxy groups -OCH3 is 1. The molecule has 0 saturated carbocycles. The first kappa shape index (κ1) is 15.8. The van der Waals surface area contributed by atoms with E-state index in [1.807, 2.05) is 0 Å². The molecule has 0 aromatic heterocycles. The number of carbonyl (C=O) groups excluding carboxylic acids is 1. The number of carboxylic acids is 2. The lowest BCUT2D eigenvalue weighted by atomic mass is 10.2. The van der Waals surface area contributed by atoms with Crippen LogP contribution in [0.15, 0.2) is 0 Å². The average Bonchev–Trinajstić information content (AvgIpc) is 2.16. The van der Waals surface area contributed by atoms with Gasteiger partial charge in [0.25, 0.3) is 0 Å². The molecule has 0 aliphatic rings. The number of carboxylic acid groups (broad SMARTS) is 2. The molecule has 6 N–H and O–H groups in total. The fraction of sp³-hybridized carbons (Fsp3) is 0.571. The molecule has 0 amide bonds. The normalized spacial score (nSPS) is 10.6. The van der Waals surface area contributed by atoms with Gasteiger partial charge in [-0.15, -0.1) is 0 Å². The van der Waals surface area contributed by atoms with Crippen molar-refractivity contribution < 1.29 is 29.3 Å². The number of ether oxygens (including phenoxy) is 1. The minimum absolute atomic E-state index is 0.0312. The molecule has 0 rings (SSSR count). The molecule has 0 aliphatic carbocycles. The second kappa shape index (κ2) is 8.91. The van der Waals surface area contributed by atoms with Crippen LogP contribution >= 0.6 is 0 Å². The SMILES string of the molecule is COC(=O)CN.N[C@@H](CC(=O)O)C(=O)O. The van der Waals surface area contributed by atoms with Gasteiger partial charge in [0.2, 0.25) is 0 Å². The first-order valence-electron chi connectivity index (χ1n) is 3.82. The van der Waals surface area contributed by atoms with Crippen LogP contribution in [0.1, 0.15) is 6.42 Å². The Labute approximate surface area is 85.8 Å². The van der Waals surface area contributed by atoms with Gasteiger partial charge in [-0.1, -0.05) is 0 Å². The lowest BCUT2D eigenvalue weighted by Crippen LogP contribution is -2.32. The summed E-state index contributed by atoms with van der Waals surface area (Å²) < 4.78 is 4.14. The highest BCUT2D eigenvalue weighted by atomic mass is 16.5. The van der Waals surface area contributed by atoms with E-state index in [-0.39, 0.29) is 12.5 Å². The smallest absolute Gasteiger partial charge is 0.321 e. The summed E-state index contributed by atoms with van der Waals surface area (Å²) in [5.41, 5.74) is 9.65. The van der Waals surface area contributed by atoms with Crippen molar-refractivity contribution in [1.29, 1.82) is 0 Å². The van der Waals surface area contributed by atoms with Gasteiger partial charge in [0, 0.05) is 0 Å². The molecule has 15 heavy (non-hydrogen) atoms. The molecule has 8 nitrogen and oxygen atoms in total. The molecule has 0 heterocycles.